The molecule has 0 saturated carbocycles. The normalized spacial score (nSPS) is 17.8. The van der Waals surface area contributed by atoms with Gasteiger partial charge in [0.15, 0.2) is 5.54 Å². The van der Waals surface area contributed by atoms with Crippen LogP contribution in [0.25, 0.3) is 0 Å². The number of amides is 3. The monoisotopic (exact) mass is 411 g/mol. The molecule has 0 bridgehead atoms. The molecule has 1 unspecified atom stereocenters. The van der Waals surface area contributed by atoms with Gasteiger partial charge in [0.25, 0.3) is 5.91 Å². The molecule has 6 nitrogen and oxygen atoms in total. The zero-order valence-corrected chi connectivity index (χ0v) is 16.8. The molecule has 0 aromatic heterocycles. The molecular formula is C25H21N3O3. The maximum absolute atomic E-state index is 13.5. The fraction of sp³-hybridized carbons (Fsp3) is 0.160. The van der Waals surface area contributed by atoms with E-state index >= 15 is 0 Å². The molecule has 0 aliphatic carbocycles. The minimum atomic E-state index is -1.16. The lowest BCUT2D eigenvalue weighted by Crippen LogP contribution is -2.46. The third-order valence-electron chi connectivity index (χ3n) is 5.32. The van der Waals surface area contributed by atoms with Crippen molar-refractivity contribution >= 4 is 11.9 Å². The van der Waals surface area contributed by atoms with E-state index in [-0.39, 0.29) is 19.1 Å². The second-order valence-corrected chi connectivity index (χ2v) is 7.31. The summed E-state index contributed by atoms with van der Waals surface area (Å²) in [5.41, 5.74) is 1.08. The maximum atomic E-state index is 13.5. The van der Waals surface area contributed by atoms with E-state index in [0.29, 0.717) is 17.7 Å². The van der Waals surface area contributed by atoms with E-state index in [1.54, 1.807) is 24.3 Å². The van der Waals surface area contributed by atoms with Crippen molar-refractivity contribution in [3.05, 3.63) is 102 Å². The van der Waals surface area contributed by atoms with E-state index < -0.39 is 11.6 Å². The molecular weight excluding hydrogens is 390 g/mol. The Kier molecular flexibility index (Phi) is 5.67. The largest absolute Gasteiger partial charge is 0.492 e. The molecule has 0 radical (unpaired) electrons. The molecule has 31 heavy (non-hydrogen) atoms. The van der Waals surface area contributed by atoms with Crippen molar-refractivity contribution in [2.75, 3.05) is 13.2 Å². The van der Waals surface area contributed by atoms with E-state index in [9.17, 15) is 9.59 Å². The Labute approximate surface area is 180 Å². The quantitative estimate of drug-likeness (QED) is 0.602. The number of benzene rings is 3. The van der Waals surface area contributed by atoms with Crippen molar-refractivity contribution in [3.8, 4) is 11.8 Å². The Bertz CT molecular complexity index is 1110. The minimum absolute atomic E-state index is 0.119. The molecule has 1 fully saturated rings. The topological polar surface area (TPSA) is 82.4 Å². The predicted octanol–water partition coefficient (Wildman–Crippen LogP) is 3.63. The van der Waals surface area contributed by atoms with Gasteiger partial charge < -0.3 is 10.1 Å². The number of ether oxygens (including phenoxy) is 1. The summed E-state index contributed by atoms with van der Waals surface area (Å²) in [5, 5.41) is 11.8. The zero-order valence-electron chi connectivity index (χ0n) is 16.8. The van der Waals surface area contributed by atoms with Gasteiger partial charge in [0, 0.05) is 6.42 Å². The highest BCUT2D eigenvalue weighted by Crippen LogP contribution is 2.33. The summed E-state index contributed by atoms with van der Waals surface area (Å²) in [5.74, 6) is 0.278. The average Bonchev–Trinajstić information content (AvgIpc) is 3.05. The highest BCUT2D eigenvalue weighted by Gasteiger charge is 2.52. The molecule has 3 amide bonds. The highest BCUT2D eigenvalue weighted by atomic mass is 16.5. The number of hydrogen-bond donors (Lipinski definition) is 1. The summed E-state index contributed by atoms with van der Waals surface area (Å²) in [7, 11) is 0. The summed E-state index contributed by atoms with van der Waals surface area (Å²) in [6.45, 7) is 0.273. The van der Waals surface area contributed by atoms with Crippen LogP contribution in [0, 0.1) is 11.3 Å². The third-order valence-corrected chi connectivity index (χ3v) is 5.32. The third kappa shape index (κ3) is 4.12. The molecule has 1 atom stereocenters. The van der Waals surface area contributed by atoms with E-state index in [4.69, 9.17) is 10.00 Å². The van der Waals surface area contributed by atoms with Crippen molar-refractivity contribution < 1.29 is 14.3 Å². The number of hydrogen-bond acceptors (Lipinski definition) is 4. The second kappa shape index (κ2) is 8.72. The first-order valence-corrected chi connectivity index (χ1v) is 9.99. The number of nitriles is 1. The lowest BCUT2D eigenvalue weighted by atomic mass is 9.83. The van der Waals surface area contributed by atoms with Crippen LogP contribution in [0.1, 0.15) is 16.7 Å². The first-order chi connectivity index (χ1) is 15.1. The number of carbonyl (C=O) groups is 2. The van der Waals surface area contributed by atoms with E-state index in [1.165, 1.54) is 4.90 Å². The van der Waals surface area contributed by atoms with Gasteiger partial charge in [-0.15, -0.1) is 0 Å². The Hall–Kier alpha value is -4.11. The smallest absolute Gasteiger partial charge is 0.325 e. The average molecular weight is 411 g/mol. The Morgan fingerprint density at radius 3 is 2.19 bits per heavy atom. The van der Waals surface area contributed by atoms with E-state index in [2.05, 4.69) is 5.32 Å². The molecule has 154 valence electrons. The van der Waals surface area contributed by atoms with Gasteiger partial charge in [-0.1, -0.05) is 60.7 Å². The van der Waals surface area contributed by atoms with Gasteiger partial charge >= 0.3 is 6.03 Å². The van der Waals surface area contributed by atoms with Crippen LogP contribution in [0.15, 0.2) is 84.9 Å². The van der Waals surface area contributed by atoms with Gasteiger partial charge in [-0.3, -0.25) is 9.69 Å². The van der Waals surface area contributed by atoms with Crippen LogP contribution in [0.2, 0.25) is 0 Å². The van der Waals surface area contributed by atoms with E-state index in [1.807, 2.05) is 66.7 Å². The number of imide groups is 1. The van der Waals surface area contributed by atoms with Crippen LogP contribution in [0.5, 0.6) is 5.75 Å². The molecule has 1 heterocycles. The van der Waals surface area contributed by atoms with Crippen LogP contribution < -0.4 is 10.1 Å². The Balaban J connectivity index is 1.53. The SMILES string of the molecule is N#Cc1ccc(OCCN2C(=O)NC(Cc3ccccc3)(c3ccccc3)C2=O)cc1. The fourth-order valence-corrected chi connectivity index (χ4v) is 3.75. The first-order valence-electron chi connectivity index (χ1n) is 9.99. The van der Waals surface area contributed by atoms with Crippen LogP contribution >= 0.6 is 0 Å². The van der Waals surface area contributed by atoms with Gasteiger partial charge in [0.1, 0.15) is 12.4 Å². The molecule has 1 aliphatic heterocycles. The summed E-state index contributed by atoms with van der Waals surface area (Å²) in [6, 6.07) is 27.3. The Morgan fingerprint density at radius 1 is 0.903 bits per heavy atom. The van der Waals surface area contributed by atoms with Crippen LogP contribution in [-0.2, 0) is 16.8 Å². The highest BCUT2D eigenvalue weighted by molar-refractivity contribution is 6.07. The van der Waals surface area contributed by atoms with Gasteiger partial charge in [0.2, 0.25) is 0 Å². The van der Waals surface area contributed by atoms with Gasteiger partial charge in [-0.05, 0) is 35.4 Å². The first kappa shape index (κ1) is 20.2. The zero-order chi connectivity index (χ0) is 21.7. The lowest BCUT2D eigenvalue weighted by Gasteiger charge is -2.27. The molecule has 0 spiro atoms. The number of rotatable bonds is 7. The van der Waals surface area contributed by atoms with Gasteiger partial charge in [0.05, 0.1) is 18.2 Å². The predicted molar refractivity (Wildman–Crippen MR) is 115 cm³/mol. The van der Waals surface area contributed by atoms with Crippen LogP contribution in [0.3, 0.4) is 0 Å². The fourth-order valence-electron chi connectivity index (χ4n) is 3.75. The van der Waals surface area contributed by atoms with Gasteiger partial charge in [-0.25, -0.2) is 4.79 Å². The molecule has 1 N–H and O–H groups in total. The summed E-state index contributed by atoms with van der Waals surface area (Å²) < 4.78 is 5.67. The molecule has 3 aromatic carbocycles. The summed E-state index contributed by atoms with van der Waals surface area (Å²) in [4.78, 5) is 27.5. The lowest BCUT2D eigenvalue weighted by molar-refractivity contribution is -0.131. The summed E-state index contributed by atoms with van der Waals surface area (Å²) >= 11 is 0. The minimum Gasteiger partial charge on any atom is -0.492 e. The van der Waals surface area contributed by atoms with Crippen molar-refractivity contribution in [2.24, 2.45) is 0 Å². The number of nitrogens with one attached hydrogen (secondary N) is 1. The molecule has 3 aromatic rings. The van der Waals surface area contributed by atoms with Crippen LogP contribution in [-0.4, -0.2) is 30.0 Å². The van der Waals surface area contributed by atoms with Crippen LogP contribution in [0.4, 0.5) is 4.79 Å². The van der Waals surface area contributed by atoms with E-state index in [0.717, 1.165) is 11.1 Å². The number of carbonyl (C=O) groups excluding carboxylic acids is 2. The number of nitrogens with zero attached hydrogens (tertiary/aromatic N) is 2. The Morgan fingerprint density at radius 2 is 1.55 bits per heavy atom. The van der Waals surface area contributed by atoms with Gasteiger partial charge in [-0.2, -0.15) is 5.26 Å². The van der Waals surface area contributed by atoms with Crippen molar-refractivity contribution in [1.29, 1.82) is 5.26 Å². The molecule has 6 heteroatoms. The number of urea groups is 1. The molecule has 1 aliphatic rings. The van der Waals surface area contributed by atoms with Crippen molar-refractivity contribution in [2.45, 2.75) is 12.0 Å². The standard InChI is InChI=1S/C25H21N3O3/c26-18-20-11-13-22(14-12-20)31-16-15-28-23(29)25(27-24(28)30,21-9-5-2-6-10-21)17-19-7-3-1-4-8-19/h1-14H,15-17H2,(H,27,30). The molecule has 1 saturated heterocycles. The van der Waals surface area contributed by atoms with Crippen molar-refractivity contribution in [1.82, 2.24) is 10.2 Å². The summed E-state index contributed by atoms with van der Waals surface area (Å²) in [6.07, 6.45) is 0.357. The maximum Gasteiger partial charge on any atom is 0.325 e. The van der Waals surface area contributed by atoms with Crippen molar-refractivity contribution in [3.63, 3.8) is 0 Å². The molecule has 4 rings (SSSR count). The second-order valence-electron chi connectivity index (χ2n) is 7.31.